The lowest BCUT2D eigenvalue weighted by atomic mass is 10.2. The summed E-state index contributed by atoms with van der Waals surface area (Å²) in [7, 11) is 0. The molecule has 1 heterocycles. The molecule has 0 fully saturated rings. The number of nitrogens with one attached hydrogen (secondary N) is 1. The number of carboxylic acid groups (broad SMARTS) is 1. The van der Waals surface area contributed by atoms with Gasteiger partial charge in [0.15, 0.2) is 0 Å². The van der Waals surface area contributed by atoms with E-state index < -0.39 is 12.0 Å². The van der Waals surface area contributed by atoms with Gasteiger partial charge in [0.25, 0.3) is 0 Å². The maximum atomic E-state index is 10.3. The van der Waals surface area contributed by atoms with E-state index in [4.69, 9.17) is 10.8 Å². The van der Waals surface area contributed by atoms with Crippen LogP contribution in [0.5, 0.6) is 0 Å². The summed E-state index contributed by atoms with van der Waals surface area (Å²) < 4.78 is 4.40. The lowest BCUT2D eigenvalue weighted by molar-refractivity contribution is -0.140. The molecule has 1 rings (SSSR count). The number of imidazole rings is 1. The molecule has 0 aliphatic carbocycles. The van der Waals surface area contributed by atoms with Gasteiger partial charge in [-0.15, -0.1) is 0 Å². The zero-order valence-electron chi connectivity index (χ0n) is 9.84. The highest BCUT2D eigenvalue weighted by molar-refractivity contribution is 5.73. The molecule has 0 aliphatic heterocycles. The van der Waals surface area contributed by atoms with Crippen molar-refractivity contribution in [3.8, 4) is 0 Å². The van der Waals surface area contributed by atoms with Gasteiger partial charge in [-0.2, -0.15) is 0 Å². The van der Waals surface area contributed by atoms with Gasteiger partial charge in [-0.25, -0.2) is 4.98 Å². The molecule has 4 N–H and O–H groups in total. The number of hydrogen-bond donors (Lipinski definition) is 3. The fourth-order valence-electron chi connectivity index (χ4n) is 0.918. The van der Waals surface area contributed by atoms with Gasteiger partial charge in [0.1, 0.15) is 6.04 Å². The van der Waals surface area contributed by atoms with Crippen LogP contribution in [0.25, 0.3) is 0 Å². The lowest BCUT2D eigenvalue weighted by Crippen LogP contribution is -2.32. The smallest absolute Gasteiger partial charge is 0.320 e. The summed E-state index contributed by atoms with van der Waals surface area (Å²) >= 11 is 0. The SMILES string of the molecule is CCOC(C)=O.N[C@@H](Cc1c[nH]cn1)C(=O)O. The van der Waals surface area contributed by atoms with Crippen LogP contribution in [0.3, 0.4) is 0 Å². The molecule has 0 unspecified atom stereocenters. The van der Waals surface area contributed by atoms with Gasteiger partial charge >= 0.3 is 11.9 Å². The van der Waals surface area contributed by atoms with E-state index in [0.717, 1.165) is 0 Å². The highest BCUT2D eigenvalue weighted by Gasteiger charge is 2.12. The van der Waals surface area contributed by atoms with Crippen molar-refractivity contribution >= 4 is 11.9 Å². The number of carboxylic acids is 1. The Morgan fingerprint density at radius 1 is 1.65 bits per heavy atom. The summed E-state index contributed by atoms with van der Waals surface area (Å²) in [5.74, 6) is -1.22. The molecule has 0 radical (unpaired) electrons. The van der Waals surface area contributed by atoms with Crippen molar-refractivity contribution < 1.29 is 19.4 Å². The highest BCUT2D eigenvalue weighted by atomic mass is 16.5. The van der Waals surface area contributed by atoms with Gasteiger partial charge in [-0.1, -0.05) is 0 Å². The van der Waals surface area contributed by atoms with Gasteiger partial charge in [-0.3, -0.25) is 9.59 Å². The molecular formula is C10H17N3O4. The summed E-state index contributed by atoms with van der Waals surface area (Å²) in [6.07, 6.45) is 3.38. The van der Waals surface area contributed by atoms with Gasteiger partial charge in [0.05, 0.1) is 18.6 Å². The van der Waals surface area contributed by atoms with E-state index >= 15 is 0 Å². The molecule has 1 aromatic rings. The van der Waals surface area contributed by atoms with Crippen molar-refractivity contribution in [2.45, 2.75) is 26.3 Å². The Bertz CT molecular complexity index is 337. The van der Waals surface area contributed by atoms with E-state index in [2.05, 4.69) is 14.7 Å². The van der Waals surface area contributed by atoms with Crippen molar-refractivity contribution in [3.63, 3.8) is 0 Å². The van der Waals surface area contributed by atoms with Crippen molar-refractivity contribution in [1.29, 1.82) is 0 Å². The number of H-pyrrole nitrogens is 1. The summed E-state index contributed by atoms with van der Waals surface area (Å²) in [5, 5.41) is 8.42. The number of aromatic nitrogens is 2. The van der Waals surface area contributed by atoms with Crippen LogP contribution in [-0.4, -0.2) is 39.7 Å². The zero-order valence-corrected chi connectivity index (χ0v) is 9.84. The predicted molar refractivity (Wildman–Crippen MR) is 60.2 cm³/mol. The Kier molecular flexibility index (Phi) is 7.36. The molecule has 0 aliphatic rings. The molecule has 0 amide bonds. The lowest BCUT2D eigenvalue weighted by Gasteiger charge is -2.01. The molecule has 1 aromatic heterocycles. The fourth-order valence-corrected chi connectivity index (χ4v) is 0.918. The number of aromatic amines is 1. The van der Waals surface area contributed by atoms with Gasteiger partial charge in [0.2, 0.25) is 0 Å². The minimum Gasteiger partial charge on any atom is -0.480 e. The van der Waals surface area contributed by atoms with Crippen molar-refractivity contribution in [2.24, 2.45) is 5.73 Å². The molecule has 1 atom stereocenters. The van der Waals surface area contributed by atoms with Crippen molar-refractivity contribution in [2.75, 3.05) is 6.61 Å². The van der Waals surface area contributed by atoms with Gasteiger partial charge in [0, 0.05) is 19.5 Å². The van der Waals surface area contributed by atoms with E-state index in [0.29, 0.717) is 12.3 Å². The van der Waals surface area contributed by atoms with E-state index in [1.807, 2.05) is 0 Å². The number of nitrogens with zero attached hydrogens (tertiary/aromatic N) is 1. The van der Waals surface area contributed by atoms with Crippen LogP contribution in [-0.2, 0) is 20.7 Å². The Hall–Kier alpha value is -1.89. The van der Waals surface area contributed by atoms with Crippen molar-refractivity contribution in [1.82, 2.24) is 9.97 Å². The first-order valence-corrected chi connectivity index (χ1v) is 5.06. The summed E-state index contributed by atoms with van der Waals surface area (Å²) in [6.45, 7) is 3.65. The Balaban J connectivity index is 0.000000366. The Morgan fingerprint density at radius 2 is 2.29 bits per heavy atom. The van der Waals surface area contributed by atoms with E-state index in [1.165, 1.54) is 13.3 Å². The number of rotatable bonds is 4. The highest BCUT2D eigenvalue weighted by Crippen LogP contribution is 1.95. The maximum absolute atomic E-state index is 10.3. The van der Waals surface area contributed by atoms with Crippen LogP contribution < -0.4 is 5.73 Å². The van der Waals surface area contributed by atoms with Gasteiger partial charge in [-0.05, 0) is 6.92 Å². The molecule has 7 nitrogen and oxygen atoms in total. The molecule has 17 heavy (non-hydrogen) atoms. The number of carbonyl (C=O) groups excluding carboxylic acids is 1. The third-order valence-electron chi connectivity index (χ3n) is 1.65. The van der Waals surface area contributed by atoms with Crippen LogP contribution in [0, 0.1) is 0 Å². The minimum absolute atomic E-state index is 0.211. The van der Waals surface area contributed by atoms with E-state index in [-0.39, 0.29) is 12.4 Å². The number of aliphatic carboxylic acids is 1. The Labute approximate surface area is 99.0 Å². The largest absolute Gasteiger partial charge is 0.480 e. The predicted octanol–water partition coefficient (Wildman–Crippen LogP) is -0.0665. The number of nitrogens with two attached hydrogens (primary N) is 1. The topological polar surface area (TPSA) is 118 Å². The third-order valence-corrected chi connectivity index (χ3v) is 1.65. The van der Waals surface area contributed by atoms with Crippen LogP contribution >= 0.6 is 0 Å². The molecule has 0 saturated heterocycles. The van der Waals surface area contributed by atoms with Gasteiger partial charge < -0.3 is 20.6 Å². The molecule has 7 heteroatoms. The molecule has 0 bridgehead atoms. The van der Waals surface area contributed by atoms with Crippen molar-refractivity contribution in [3.05, 3.63) is 18.2 Å². The van der Waals surface area contributed by atoms with Crippen LogP contribution in [0.2, 0.25) is 0 Å². The average Bonchev–Trinajstić information content (AvgIpc) is 2.70. The number of esters is 1. The summed E-state index contributed by atoms with van der Waals surface area (Å²) in [5.41, 5.74) is 5.92. The quantitative estimate of drug-likeness (QED) is 0.637. The first-order chi connectivity index (χ1) is 7.97. The van der Waals surface area contributed by atoms with Crippen LogP contribution in [0.1, 0.15) is 19.5 Å². The second-order valence-electron chi connectivity index (χ2n) is 3.13. The molecule has 0 saturated carbocycles. The van der Waals surface area contributed by atoms with E-state index in [1.54, 1.807) is 13.1 Å². The van der Waals surface area contributed by atoms with E-state index in [9.17, 15) is 9.59 Å². The second-order valence-corrected chi connectivity index (χ2v) is 3.13. The molecule has 0 spiro atoms. The number of ether oxygens (including phenoxy) is 1. The number of hydrogen-bond acceptors (Lipinski definition) is 5. The first-order valence-electron chi connectivity index (χ1n) is 5.06. The number of carbonyl (C=O) groups is 2. The first kappa shape index (κ1) is 15.1. The maximum Gasteiger partial charge on any atom is 0.320 e. The summed E-state index contributed by atoms with van der Waals surface area (Å²) in [4.78, 5) is 26.6. The third kappa shape index (κ3) is 7.97. The Morgan fingerprint density at radius 3 is 2.59 bits per heavy atom. The molecule has 96 valence electrons. The second kappa shape index (κ2) is 8.28. The fraction of sp³-hybridized carbons (Fsp3) is 0.500. The van der Waals surface area contributed by atoms with Crippen LogP contribution in [0.4, 0.5) is 0 Å². The van der Waals surface area contributed by atoms with Crippen LogP contribution in [0.15, 0.2) is 12.5 Å². The zero-order chi connectivity index (χ0) is 13.3. The molecule has 0 aromatic carbocycles. The average molecular weight is 243 g/mol. The monoisotopic (exact) mass is 243 g/mol. The summed E-state index contributed by atoms with van der Waals surface area (Å²) in [6, 6.07) is -0.863. The molecular weight excluding hydrogens is 226 g/mol. The standard InChI is InChI=1S/C6H9N3O2.C4H8O2/c7-5(6(10)11)1-4-2-8-3-9-4;1-3-6-4(2)5/h2-3,5H,1,7H2,(H,8,9)(H,10,11);3H2,1-2H3/t5-;/m0./s1. The normalized spacial score (nSPS) is 11.0. The minimum atomic E-state index is -1.01.